The molecule has 1 atom stereocenters. The van der Waals surface area contributed by atoms with E-state index >= 15 is 0 Å². The number of nitrogens with zero attached hydrogens (tertiary/aromatic N) is 1. The number of phenols is 1. The van der Waals surface area contributed by atoms with E-state index in [2.05, 4.69) is 12.1 Å². The number of para-hydroxylation sites is 1. The van der Waals surface area contributed by atoms with E-state index in [1.54, 1.807) is 20.3 Å². The molecule has 5 heteroatoms. The predicted molar refractivity (Wildman–Crippen MR) is 138 cm³/mol. The van der Waals surface area contributed by atoms with Crippen molar-refractivity contribution in [2.45, 2.75) is 43.4 Å². The molecule has 0 radical (unpaired) electrons. The first kappa shape index (κ1) is 24.6. The third-order valence-electron chi connectivity index (χ3n) is 7.42. The van der Waals surface area contributed by atoms with Crippen molar-refractivity contribution in [3.05, 3.63) is 89.5 Å². The van der Waals surface area contributed by atoms with Crippen molar-refractivity contribution in [3.8, 4) is 17.2 Å². The fraction of sp³-hybridized carbons (Fsp3) is 0.367. The minimum atomic E-state index is -0.215. The molecule has 1 saturated carbocycles. The average Bonchev–Trinajstić information content (AvgIpc) is 3.37. The lowest BCUT2D eigenvalue weighted by atomic mass is 9.78. The summed E-state index contributed by atoms with van der Waals surface area (Å²) in [4.78, 5) is 15.5. The van der Waals surface area contributed by atoms with Gasteiger partial charge in [0.25, 0.3) is 0 Å². The maximum absolute atomic E-state index is 13.6. The zero-order valence-electron chi connectivity index (χ0n) is 20.9. The Morgan fingerprint density at radius 2 is 1.60 bits per heavy atom. The first-order valence-electron chi connectivity index (χ1n) is 12.3. The molecule has 1 aliphatic rings. The Labute approximate surface area is 208 Å². The molecular weight excluding hydrogens is 438 g/mol. The lowest BCUT2D eigenvalue weighted by molar-refractivity contribution is -0.131. The number of hydrogen-bond donors (Lipinski definition) is 1. The van der Waals surface area contributed by atoms with Crippen LogP contribution in [0.15, 0.2) is 72.8 Å². The highest BCUT2D eigenvalue weighted by molar-refractivity contribution is 5.78. The number of amides is 1. The van der Waals surface area contributed by atoms with Crippen molar-refractivity contribution in [2.24, 2.45) is 0 Å². The van der Waals surface area contributed by atoms with E-state index in [4.69, 9.17) is 9.47 Å². The molecule has 1 fully saturated rings. The van der Waals surface area contributed by atoms with Crippen LogP contribution in [0.4, 0.5) is 0 Å². The van der Waals surface area contributed by atoms with Gasteiger partial charge >= 0.3 is 0 Å². The number of hydrogen-bond acceptors (Lipinski definition) is 4. The molecule has 0 bridgehead atoms. The first-order chi connectivity index (χ1) is 17.0. The van der Waals surface area contributed by atoms with Crippen LogP contribution in [0.1, 0.15) is 54.7 Å². The van der Waals surface area contributed by atoms with Crippen molar-refractivity contribution < 1.29 is 19.4 Å². The van der Waals surface area contributed by atoms with E-state index in [1.165, 1.54) is 5.56 Å². The van der Waals surface area contributed by atoms with Crippen LogP contribution in [0.2, 0.25) is 0 Å². The van der Waals surface area contributed by atoms with Crippen LogP contribution < -0.4 is 9.47 Å². The zero-order chi connectivity index (χ0) is 24.8. The molecule has 0 aromatic heterocycles. The zero-order valence-corrected chi connectivity index (χ0v) is 20.9. The normalized spacial score (nSPS) is 15.4. The van der Waals surface area contributed by atoms with E-state index in [0.29, 0.717) is 24.5 Å². The minimum Gasteiger partial charge on any atom is -0.508 e. The lowest BCUT2D eigenvalue weighted by Crippen LogP contribution is -2.40. The minimum absolute atomic E-state index is 0.0638. The van der Waals surface area contributed by atoms with Crippen LogP contribution in [0.3, 0.4) is 0 Å². The van der Waals surface area contributed by atoms with Gasteiger partial charge in [-0.2, -0.15) is 0 Å². The molecule has 0 spiro atoms. The van der Waals surface area contributed by atoms with Gasteiger partial charge in [0.1, 0.15) is 5.75 Å². The second-order valence-electron chi connectivity index (χ2n) is 9.53. The van der Waals surface area contributed by atoms with Crippen LogP contribution in [0.25, 0.3) is 0 Å². The molecule has 184 valence electrons. The summed E-state index contributed by atoms with van der Waals surface area (Å²) in [6.45, 7) is 0.642. The summed E-state index contributed by atoms with van der Waals surface area (Å²) in [7, 11) is 5.19. The molecule has 1 amide bonds. The molecule has 5 nitrogen and oxygen atoms in total. The smallest absolute Gasteiger partial charge is 0.223 e. The second kappa shape index (κ2) is 10.9. The van der Waals surface area contributed by atoms with Gasteiger partial charge in [-0.05, 0) is 42.2 Å². The summed E-state index contributed by atoms with van der Waals surface area (Å²) in [5.41, 5.74) is 2.87. The largest absolute Gasteiger partial charge is 0.508 e. The van der Waals surface area contributed by atoms with Crippen molar-refractivity contribution in [1.29, 1.82) is 0 Å². The maximum Gasteiger partial charge on any atom is 0.223 e. The number of methoxy groups -OCH3 is 2. The van der Waals surface area contributed by atoms with Crippen LogP contribution >= 0.6 is 0 Å². The summed E-state index contributed by atoms with van der Waals surface area (Å²) >= 11 is 0. The maximum atomic E-state index is 13.6. The Hall–Kier alpha value is -3.47. The van der Waals surface area contributed by atoms with Crippen molar-refractivity contribution in [1.82, 2.24) is 4.90 Å². The number of carbonyl (C=O) groups is 1. The van der Waals surface area contributed by atoms with Gasteiger partial charge in [-0.1, -0.05) is 67.4 Å². The standard InChI is InChI=1S/C30H35NO4/c1-31(21-30(17-9-10-18-30)23-15-16-27(34-2)28(19-23)35-3)29(33)20-25(22-11-5-4-6-12-22)24-13-7-8-14-26(24)32/h4-8,11-16,19,25,32H,9-10,17-18,20-21H2,1-3H3/t25-/m1/s1. The third kappa shape index (κ3) is 5.29. The summed E-state index contributed by atoms with van der Waals surface area (Å²) in [5.74, 6) is 1.49. The molecule has 0 heterocycles. The predicted octanol–water partition coefficient (Wildman–Crippen LogP) is 5.90. The number of rotatable bonds is 9. The molecule has 0 saturated heterocycles. The Morgan fingerprint density at radius 3 is 2.26 bits per heavy atom. The van der Waals surface area contributed by atoms with Gasteiger partial charge in [0.2, 0.25) is 5.91 Å². The van der Waals surface area contributed by atoms with E-state index in [9.17, 15) is 9.90 Å². The Morgan fingerprint density at radius 1 is 0.943 bits per heavy atom. The molecule has 1 aliphatic carbocycles. The Balaban J connectivity index is 1.58. The van der Waals surface area contributed by atoms with Gasteiger partial charge in [0.05, 0.1) is 14.2 Å². The molecule has 0 aliphatic heterocycles. The van der Waals surface area contributed by atoms with E-state index in [-0.39, 0.29) is 23.0 Å². The quantitative estimate of drug-likeness (QED) is 0.420. The van der Waals surface area contributed by atoms with Gasteiger partial charge in [-0.15, -0.1) is 0 Å². The first-order valence-corrected chi connectivity index (χ1v) is 12.3. The van der Waals surface area contributed by atoms with E-state index in [0.717, 1.165) is 36.8 Å². The van der Waals surface area contributed by atoms with Gasteiger partial charge in [0, 0.05) is 36.9 Å². The Bertz CT molecular complexity index is 1140. The number of carbonyl (C=O) groups excluding carboxylic acids is 1. The molecular formula is C30H35NO4. The van der Waals surface area contributed by atoms with Gasteiger partial charge in [0.15, 0.2) is 11.5 Å². The van der Waals surface area contributed by atoms with Gasteiger partial charge in [-0.25, -0.2) is 0 Å². The SMILES string of the molecule is COc1ccc(C2(CN(C)C(=O)C[C@H](c3ccccc3)c3ccccc3O)CCCC2)cc1OC. The summed E-state index contributed by atoms with van der Waals surface area (Å²) in [6.07, 6.45) is 4.63. The highest BCUT2D eigenvalue weighted by Crippen LogP contribution is 2.44. The number of phenolic OH excluding ortho intramolecular Hbond substituents is 1. The van der Waals surface area contributed by atoms with Crippen LogP contribution in [-0.2, 0) is 10.2 Å². The number of benzene rings is 3. The topological polar surface area (TPSA) is 59.0 Å². The van der Waals surface area contributed by atoms with Crippen LogP contribution in [0, 0.1) is 0 Å². The molecule has 3 aromatic rings. The molecule has 4 rings (SSSR count). The lowest BCUT2D eigenvalue weighted by Gasteiger charge is -2.35. The number of aromatic hydroxyl groups is 1. The van der Waals surface area contributed by atoms with Crippen LogP contribution in [0.5, 0.6) is 17.2 Å². The highest BCUT2D eigenvalue weighted by Gasteiger charge is 2.38. The molecule has 3 aromatic carbocycles. The van der Waals surface area contributed by atoms with E-state index in [1.807, 2.05) is 66.5 Å². The van der Waals surface area contributed by atoms with E-state index < -0.39 is 0 Å². The number of ether oxygens (including phenoxy) is 2. The van der Waals surface area contributed by atoms with Crippen LogP contribution in [-0.4, -0.2) is 43.7 Å². The third-order valence-corrected chi connectivity index (χ3v) is 7.42. The fourth-order valence-electron chi connectivity index (χ4n) is 5.50. The van der Waals surface area contributed by atoms with Crippen molar-refractivity contribution >= 4 is 5.91 Å². The molecule has 1 N–H and O–H groups in total. The monoisotopic (exact) mass is 473 g/mol. The second-order valence-corrected chi connectivity index (χ2v) is 9.53. The van der Waals surface area contributed by atoms with Crippen molar-refractivity contribution in [3.63, 3.8) is 0 Å². The molecule has 35 heavy (non-hydrogen) atoms. The van der Waals surface area contributed by atoms with Gasteiger partial charge in [-0.3, -0.25) is 4.79 Å². The fourth-order valence-corrected chi connectivity index (χ4v) is 5.50. The summed E-state index contributed by atoms with van der Waals surface area (Å²) < 4.78 is 11.0. The molecule has 0 unspecified atom stereocenters. The van der Waals surface area contributed by atoms with Crippen molar-refractivity contribution in [2.75, 3.05) is 27.8 Å². The summed E-state index contributed by atoms with van der Waals surface area (Å²) in [5, 5.41) is 10.6. The summed E-state index contributed by atoms with van der Waals surface area (Å²) in [6, 6.07) is 23.4. The average molecular weight is 474 g/mol. The Kier molecular flexibility index (Phi) is 7.64. The highest BCUT2D eigenvalue weighted by atomic mass is 16.5. The van der Waals surface area contributed by atoms with Gasteiger partial charge < -0.3 is 19.5 Å². The number of likely N-dealkylation sites (N-methyl/N-ethyl adjacent to an activating group) is 1.